The first-order chi connectivity index (χ1) is 9.55. The molecule has 1 unspecified atom stereocenters. The highest BCUT2D eigenvalue weighted by Crippen LogP contribution is 2.57. The lowest BCUT2D eigenvalue weighted by atomic mass is 9.83. The summed E-state index contributed by atoms with van der Waals surface area (Å²) in [7, 11) is 0. The van der Waals surface area contributed by atoms with Crippen LogP contribution in [-0.4, -0.2) is 34.8 Å². The average molecular weight is 304 g/mol. The van der Waals surface area contributed by atoms with Crippen molar-refractivity contribution in [3.8, 4) is 0 Å². The molecule has 1 saturated carbocycles. The van der Waals surface area contributed by atoms with Crippen LogP contribution in [0.15, 0.2) is 6.20 Å². The molecule has 4 nitrogen and oxygen atoms in total. The quantitative estimate of drug-likeness (QED) is 0.932. The van der Waals surface area contributed by atoms with Gasteiger partial charge in [0.1, 0.15) is 11.5 Å². The third-order valence-corrected chi connectivity index (χ3v) is 4.85. The summed E-state index contributed by atoms with van der Waals surface area (Å²) in [6, 6.07) is 0. The molecule has 2 heterocycles. The molecule has 1 N–H and O–H groups in total. The van der Waals surface area contributed by atoms with Gasteiger partial charge in [-0.05, 0) is 24.7 Å². The maximum absolute atomic E-state index is 12.6. The van der Waals surface area contributed by atoms with Gasteiger partial charge in [-0.15, -0.1) is 0 Å². The van der Waals surface area contributed by atoms with Gasteiger partial charge in [-0.25, -0.2) is 18.7 Å². The SMILES string of the molecule is OCC1CN(c2cnc(C(F)F)c(Cl)n2)CCC12CC2. The van der Waals surface area contributed by atoms with Crippen LogP contribution in [0.1, 0.15) is 31.4 Å². The third-order valence-electron chi connectivity index (χ3n) is 4.57. The van der Waals surface area contributed by atoms with Crippen molar-refractivity contribution in [3.63, 3.8) is 0 Å². The van der Waals surface area contributed by atoms with Crippen molar-refractivity contribution in [2.24, 2.45) is 11.3 Å². The molecular weight excluding hydrogens is 288 g/mol. The first-order valence-electron chi connectivity index (χ1n) is 6.72. The van der Waals surface area contributed by atoms with Crippen LogP contribution in [0.3, 0.4) is 0 Å². The summed E-state index contributed by atoms with van der Waals surface area (Å²) in [5.41, 5.74) is -0.185. The van der Waals surface area contributed by atoms with E-state index >= 15 is 0 Å². The van der Waals surface area contributed by atoms with Gasteiger partial charge >= 0.3 is 0 Å². The van der Waals surface area contributed by atoms with Gasteiger partial charge in [0.15, 0.2) is 5.15 Å². The largest absolute Gasteiger partial charge is 0.396 e. The van der Waals surface area contributed by atoms with Crippen LogP contribution >= 0.6 is 11.6 Å². The van der Waals surface area contributed by atoms with Crippen molar-refractivity contribution in [2.45, 2.75) is 25.7 Å². The summed E-state index contributed by atoms with van der Waals surface area (Å²) in [6.45, 7) is 1.62. The zero-order valence-corrected chi connectivity index (χ0v) is 11.7. The fourth-order valence-corrected chi connectivity index (χ4v) is 3.27. The van der Waals surface area contributed by atoms with E-state index < -0.39 is 12.1 Å². The van der Waals surface area contributed by atoms with Crippen LogP contribution in [0.25, 0.3) is 0 Å². The van der Waals surface area contributed by atoms with Crippen LogP contribution in [0, 0.1) is 11.3 Å². The number of halogens is 3. The molecule has 0 radical (unpaired) electrons. The van der Waals surface area contributed by atoms with E-state index in [0.717, 1.165) is 13.0 Å². The molecule has 1 aromatic rings. The van der Waals surface area contributed by atoms with Gasteiger partial charge in [0.2, 0.25) is 0 Å². The van der Waals surface area contributed by atoms with Gasteiger partial charge in [-0.3, -0.25) is 0 Å². The van der Waals surface area contributed by atoms with Gasteiger partial charge < -0.3 is 10.0 Å². The Morgan fingerprint density at radius 3 is 2.75 bits per heavy atom. The van der Waals surface area contributed by atoms with Crippen LogP contribution in [0.5, 0.6) is 0 Å². The van der Waals surface area contributed by atoms with Crippen molar-refractivity contribution < 1.29 is 13.9 Å². The molecule has 110 valence electrons. The predicted molar refractivity (Wildman–Crippen MR) is 71.1 cm³/mol. The molecule has 1 saturated heterocycles. The summed E-state index contributed by atoms with van der Waals surface area (Å²) in [6.07, 6.45) is 1.96. The van der Waals surface area contributed by atoms with E-state index in [1.807, 2.05) is 4.90 Å². The van der Waals surface area contributed by atoms with Crippen molar-refractivity contribution in [2.75, 3.05) is 24.6 Å². The number of nitrogens with zero attached hydrogens (tertiary/aromatic N) is 3. The molecule has 1 spiro atoms. The van der Waals surface area contributed by atoms with Gasteiger partial charge in [0, 0.05) is 25.6 Å². The maximum atomic E-state index is 12.6. The third kappa shape index (κ3) is 2.35. The highest BCUT2D eigenvalue weighted by molar-refractivity contribution is 6.30. The van der Waals surface area contributed by atoms with E-state index in [9.17, 15) is 13.9 Å². The minimum absolute atomic E-state index is 0.146. The average Bonchev–Trinajstić information content (AvgIpc) is 3.19. The van der Waals surface area contributed by atoms with Crippen molar-refractivity contribution in [1.29, 1.82) is 0 Å². The Labute approximate surface area is 120 Å². The Morgan fingerprint density at radius 2 is 2.20 bits per heavy atom. The minimum Gasteiger partial charge on any atom is -0.396 e. The molecule has 2 aliphatic rings. The molecule has 0 amide bonds. The Morgan fingerprint density at radius 1 is 1.45 bits per heavy atom. The highest BCUT2D eigenvalue weighted by Gasteiger charge is 2.51. The summed E-state index contributed by atoms with van der Waals surface area (Å²) < 4.78 is 25.2. The van der Waals surface area contributed by atoms with E-state index in [1.54, 1.807) is 0 Å². The highest BCUT2D eigenvalue weighted by atomic mass is 35.5. The molecule has 0 aromatic carbocycles. The molecule has 0 bridgehead atoms. The van der Waals surface area contributed by atoms with Crippen molar-refractivity contribution in [3.05, 3.63) is 17.0 Å². The lowest BCUT2D eigenvalue weighted by Crippen LogP contribution is -2.43. The Kier molecular flexibility index (Phi) is 3.54. The molecule has 2 fully saturated rings. The molecule has 3 rings (SSSR count). The fraction of sp³-hybridized carbons (Fsp3) is 0.692. The van der Waals surface area contributed by atoms with Crippen LogP contribution in [0.4, 0.5) is 14.6 Å². The number of alkyl halides is 2. The van der Waals surface area contributed by atoms with Crippen LogP contribution in [0.2, 0.25) is 5.15 Å². The molecular formula is C13H16ClF2N3O. The van der Waals surface area contributed by atoms with E-state index in [4.69, 9.17) is 11.6 Å². The zero-order chi connectivity index (χ0) is 14.3. The second-order valence-electron chi connectivity index (χ2n) is 5.64. The number of aliphatic hydroxyl groups excluding tert-OH is 1. The lowest BCUT2D eigenvalue weighted by Gasteiger charge is -2.38. The Hall–Kier alpha value is -1.01. The molecule has 1 aliphatic carbocycles. The normalized spacial score (nSPS) is 24.4. The van der Waals surface area contributed by atoms with Crippen molar-refractivity contribution in [1.82, 2.24) is 9.97 Å². The molecule has 1 aliphatic heterocycles. The van der Waals surface area contributed by atoms with E-state index in [0.29, 0.717) is 17.8 Å². The number of piperidine rings is 1. The maximum Gasteiger partial charge on any atom is 0.283 e. The zero-order valence-electron chi connectivity index (χ0n) is 10.9. The molecule has 20 heavy (non-hydrogen) atoms. The smallest absolute Gasteiger partial charge is 0.283 e. The predicted octanol–water partition coefficient (Wildman–Crippen LogP) is 2.67. The number of rotatable bonds is 3. The lowest BCUT2D eigenvalue weighted by molar-refractivity contribution is 0.142. The summed E-state index contributed by atoms with van der Waals surface area (Å²) in [5.74, 6) is 0.722. The second kappa shape index (κ2) is 5.07. The van der Waals surface area contributed by atoms with E-state index in [-0.39, 0.29) is 17.7 Å². The van der Waals surface area contributed by atoms with E-state index in [2.05, 4.69) is 9.97 Å². The fourth-order valence-electron chi connectivity index (χ4n) is 3.06. The first-order valence-corrected chi connectivity index (χ1v) is 7.10. The second-order valence-corrected chi connectivity index (χ2v) is 6.00. The number of hydrogen-bond acceptors (Lipinski definition) is 4. The number of hydrogen-bond donors (Lipinski definition) is 1. The van der Waals surface area contributed by atoms with Gasteiger partial charge in [0.05, 0.1) is 6.20 Å². The van der Waals surface area contributed by atoms with E-state index in [1.165, 1.54) is 19.0 Å². The molecule has 7 heteroatoms. The number of anilines is 1. The Bertz CT molecular complexity index is 510. The van der Waals surface area contributed by atoms with Crippen LogP contribution < -0.4 is 4.90 Å². The summed E-state index contributed by atoms with van der Waals surface area (Å²) >= 11 is 5.75. The standard InChI is InChI=1S/C13H16ClF2N3O/c14-11-10(12(15)16)17-5-9(18-11)19-4-3-13(1-2-13)8(6-19)7-20/h5,8,12,20H,1-4,6-7H2. The van der Waals surface area contributed by atoms with Gasteiger partial charge in [0.25, 0.3) is 6.43 Å². The van der Waals surface area contributed by atoms with Gasteiger partial charge in [-0.1, -0.05) is 11.6 Å². The number of aromatic nitrogens is 2. The summed E-state index contributed by atoms with van der Waals surface area (Å²) in [4.78, 5) is 9.70. The molecule has 1 aromatic heterocycles. The molecule has 1 atom stereocenters. The van der Waals surface area contributed by atoms with Crippen LogP contribution in [-0.2, 0) is 0 Å². The van der Waals surface area contributed by atoms with Gasteiger partial charge in [-0.2, -0.15) is 0 Å². The number of aliphatic hydroxyl groups is 1. The monoisotopic (exact) mass is 303 g/mol. The Balaban J connectivity index is 1.78. The first kappa shape index (κ1) is 13.9. The topological polar surface area (TPSA) is 49.2 Å². The minimum atomic E-state index is -2.72. The summed E-state index contributed by atoms with van der Waals surface area (Å²) in [5, 5.41) is 9.27. The van der Waals surface area contributed by atoms with Crippen molar-refractivity contribution >= 4 is 17.4 Å².